The van der Waals surface area contributed by atoms with E-state index < -0.39 is 5.54 Å². The van der Waals surface area contributed by atoms with E-state index in [-0.39, 0.29) is 5.82 Å². The van der Waals surface area contributed by atoms with E-state index in [1.54, 1.807) is 11.0 Å². The van der Waals surface area contributed by atoms with Gasteiger partial charge >= 0.3 is 0 Å². The molecule has 0 aliphatic heterocycles. The summed E-state index contributed by atoms with van der Waals surface area (Å²) in [6.45, 7) is 2.62. The van der Waals surface area contributed by atoms with Gasteiger partial charge in [-0.15, -0.1) is 5.10 Å². The number of nitrogens with zero attached hydrogens (tertiary/aromatic N) is 5. The number of rotatable bonds is 6. The SMILES string of the molecule is CC(C#N)(CCCn1cnc(C#N)n1)NC1CC1. The summed E-state index contributed by atoms with van der Waals surface area (Å²) in [4.78, 5) is 3.84. The Bertz CT molecular complexity index is 489. The molecule has 94 valence electrons. The van der Waals surface area contributed by atoms with Crippen molar-refractivity contribution in [2.75, 3.05) is 0 Å². The van der Waals surface area contributed by atoms with Crippen molar-refractivity contribution in [1.82, 2.24) is 20.1 Å². The Morgan fingerprint density at radius 1 is 1.56 bits per heavy atom. The summed E-state index contributed by atoms with van der Waals surface area (Å²) in [5.74, 6) is 0.189. The fourth-order valence-electron chi connectivity index (χ4n) is 1.89. The third-order valence-electron chi connectivity index (χ3n) is 3.05. The molecule has 1 N–H and O–H groups in total. The van der Waals surface area contributed by atoms with Gasteiger partial charge in [0.2, 0.25) is 0 Å². The zero-order valence-corrected chi connectivity index (χ0v) is 10.4. The van der Waals surface area contributed by atoms with Crippen LogP contribution in [0.5, 0.6) is 0 Å². The van der Waals surface area contributed by atoms with Crippen LogP contribution in [0.3, 0.4) is 0 Å². The van der Waals surface area contributed by atoms with Gasteiger partial charge in [0.25, 0.3) is 5.82 Å². The van der Waals surface area contributed by atoms with Gasteiger partial charge in [-0.3, -0.25) is 10.00 Å². The van der Waals surface area contributed by atoms with Crippen LogP contribution < -0.4 is 5.32 Å². The maximum Gasteiger partial charge on any atom is 0.252 e. The van der Waals surface area contributed by atoms with Crippen LogP contribution in [0.15, 0.2) is 6.33 Å². The Labute approximate surface area is 106 Å². The summed E-state index contributed by atoms with van der Waals surface area (Å²) in [6.07, 6.45) is 5.49. The zero-order valence-electron chi connectivity index (χ0n) is 10.4. The quantitative estimate of drug-likeness (QED) is 0.805. The fraction of sp³-hybridized carbons (Fsp3) is 0.667. The second-order valence-corrected chi connectivity index (χ2v) is 4.91. The molecule has 0 spiro atoms. The van der Waals surface area contributed by atoms with Crippen molar-refractivity contribution in [2.24, 2.45) is 0 Å². The van der Waals surface area contributed by atoms with Gasteiger partial charge in [0.1, 0.15) is 17.9 Å². The molecule has 1 heterocycles. The van der Waals surface area contributed by atoms with E-state index in [1.807, 2.05) is 13.0 Å². The molecule has 1 aliphatic carbocycles. The maximum absolute atomic E-state index is 9.21. The van der Waals surface area contributed by atoms with Crippen LogP contribution in [0.4, 0.5) is 0 Å². The normalized spacial score (nSPS) is 17.7. The molecule has 1 fully saturated rings. The smallest absolute Gasteiger partial charge is 0.252 e. The molecule has 0 bridgehead atoms. The minimum atomic E-state index is -0.459. The van der Waals surface area contributed by atoms with Gasteiger partial charge in [0.05, 0.1) is 6.07 Å². The van der Waals surface area contributed by atoms with Crippen molar-refractivity contribution >= 4 is 0 Å². The van der Waals surface area contributed by atoms with Crippen LogP contribution in [-0.4, -0.2) is 26.3 Å². The second-order valence-electron chi connectivity index (χ2n) is 4.91. The molecule has 6 nitrogen and oxygen atoms in total. The van der Waals surface area contributed by atoms with Gasteiger partial charge in [-0.2, -0.15) is 10.5 Å². The first-order valence-electron chi connectivity index (χ1n) is 6.14. The minimum absolute atomic E-state index is 0.189. The van der Waals surface area contributed by atoms with Crippen LogP contribution >= 0.6 is 0 Å². The molecule has 0 amide bonds. The second kappa shape index (κ2) is 5.16. The van der Waals surface area contributed by atoms with Gasteiger partial charge in [-0.1, -0.05) is 0 Å². The maximum atomic E-state index is 9.21. The summed E-state index contributed by atoms with van der Waals surface area (Å²) in [5, 5.41) is 25.2. The van der Waals surface area contributed by atoms with Crippen molar-refractivity contribution in [2.45, 2.75) is 50.7 Å². The number of hydrogen-bond donors (Lipinski definition) is 1. The number of aromatic nitrogens is 3. The summed E-state index contributed by atoms with van der Waals surface area (Å²) >= 11 is 0. The fourth-order valence-corrected chi connectivity index (χ4v) is 1.89. The predicted octanol–water partition coefficient (Wildman–Crippen LogP) is 0.964. The van der Waals surface area contributed by atoms with Gasteiger partial charge < -0.3 is 0 Å². The molecule has 0 radical (unpaired) electrons. The Morgan fingerprint density at radius 2 is 2.33 bits per heavy atom. The molecule has 1 atom stereocenters. The van der Waals surface area contributed by atoms with Crippen LogP contribution in [0, 0.1) is 22.7 Å². The standard InChI is InChI=1S/C12H16N6/c1-12(8-14,16-10-3-4-10)5-2-6-18-9-15-11(7-13)17-18/h9-10,16H,2-6H2,1H3. The molecule has 1 unspecified atom stereocenters. The van der Waals surface area contributed by atoms with E-state index in [1.165, 1.54) is 12.8 Å². The summed E-state index contributed by atoms with van der Waals surface area (Å²) < 4.78 is 1.65. The summed E-state index contributed by atoms with van der Waals surface area (Å²) in [5.41, 5.74) is -0.459. The first-order chi connectivity index (χ1) is 8.65. The van der Waals surface area contributed by atoms with Crippen molar-refractivity contribution in [1.29, 1.82) is 10.5 Å². The summed E-state index contributed by atoms with van der Waals surface area (Å²) in [7, 11) is 0. The highest BCUT2D eigenvalue weighted by Crippen LogP contribution is 2.24. The molecule has 1 aromatic heterocycles. The molecular weight excluding hydrogens is 228 g/mol. The average molecular weight is 244 g/mol. The highest BCUT2D eigenvalue weighted by Gasteiger charge is 2.31. The lowest BCUT2D eigenvalue weighted by molar-refractivity contribution is 0.386. The van der Waals surface area contributed by atoms with Crippen LogP contribution in [0.1, 0.15) is 38.4 Å². The van der Waals surface area contributed by atoms with E-state index in [0.717, 1.165) is 12.8 Å². The molecule has 18 heavy (non-hydrogen) atoms. The Balaban J connectivity index is 1.79. The minimum Gasteiger partial charge on any atom is -0.297 e. The monoisotopic (exact) mass is 244 g/mol. The first kappa shape index (κ1) is 12.5. The lowest BCUT2D eigenvalue weighted by atomic mass is 9.97. The lowest BCUT2D eigenvalue weighted by Gasteiger charge is -2.23. The van der Waals surface area contributed by atoms with Crippen LogP contribution in [0.25, 0.3) is 0 Å². The zero-order chi connectivity index (χ0) is 13.0. The van der Waals surface area contributed by atoms with Gasteiger partial charge in [0.15, 0.2) is 0 Å². The third-order valence-corrected chi connectivity index (χ3v) is 3.05. The first-order valence-corrected chi connectivity index (χ1v) is 6.14. The molecule has 1 aliphatic rings. The number of nitrogens with one attached hydrogen (secondary N) is 1. The Morgan fingerprint density at radius 3 is 2.89 bits per heavy atom. The number of aryl methyl sites for hydroxylation is 1. The average Bonchev–Trinajstić information content (AvgIpc) is 3.05. The molecule has 0 aromatic carbocycles. The van der Waals surface area contributed by atoms with Crippen molar-refractivity contribution in [3.05, 3.63) is 12.2 Å². The van der Waals surface area contributed by atoms with Gasteiger partial charge in [-0.05, 0) is 32.6 Å². The van der Waals surface area contributed by atoms with Gasteiger partial charge in [-0.25, -0.2) is 4.98 Å². The molecule has 1 saturated carbocycles. The van der Waals surface area contributed by atoms with Crippen molar-refractivity contribution in [3.8, 4) is 12.1 Å². The Kier molecular flexibility index (Phi) is 3.59. The predicted molar refractivity (Wildman–Crippen MR) is 64.1 cm³/mol. The molecular formula is C12H16N6. The topological polar surface area (TPSA) is 90.3 Å². The highest BCUT2D eigenvalue weighted by molar-refractivity contribution is 5.07. The van der Waals surface area contributed by atoms with Crippen LogP contribution in [-0.2, 0) is 6.54 Å². The van der Waals surface area contributed by atoms with Crippen molar-refractivity contribution in [3.63, 3.8) is 0 Å². The third kappa shape index (κ3) is 3.28. The van der Waals surface area contributed by atoms with E-state index >= 15 is 0 Å². The Hall–Kier alpha value is -1.92. The molecule has 0 saturated heterocycles. The largest absolute Gasteiger partial charge is 0.297 e. The number of nitriles is 2. The van der Waals surface area contributed by atoms with Crippen LogP contribution in [0.2, 0.25) is 0 Å². The highest BCUT2D eigenvalue weighted by atomic mass is 15.3. The van der Waals surface area contributed by atoms with Crippen molar-refractivity contribution < 1.29 is 0 Å². The van der Waals surface area contributed by atoms with E-state index in [2.05, 4.69) is 21.5 Å². The molecule has 1 aromatic rings. The van der Waals surface area contributed by atoms with E-state index in [9.17, 15) is 5.26 Å². The molecule has 2 rings (SSSR count). The lowest BCUT2D eigenvalue weighted by Crippen LogP contribution is -2.42. The molecule has 6 heteroatoms. The van der Waals surface area contributed by atoms with E-state index in [4.69, 9.17) is 5.26 Å². The summed E-state index contributed by atoms with van der Waals surface area (Å²) in [6, 6.07) is 4.76. The van der Waals surface area contributed by atoms with Gasteiger partial charge in [0, 0.05) is 12.6 Å². The number of hydrogen-bond acceptors (Lipinski definition) is 5. The van der Waals surface area contributed by atoms with E-state index in [0.29, 0.717) is 12.6 Å².